The molecule has 0 aromatic heterocycles. The number of aromatic hydroxyl groups is 1. The average Bonchev–Trinajstić information content (AvgIpc) is 3.36. The molecule has 1 saturated carbocycles. The van der Waals surface area contributed by atoms with E-state index in [4.69, 9.17) is 27.9 Å². The summed E-state index contributed by atoms with van der Waals surface area (Å²) in [6.45, 7) is 0. The molecular weight excluding hydrogens is 610 g/mol. The quantitative estimate of drug-likeness (QED) is 0.237. The number of imide groups is 2. The van der Waals surface area contributed by atoms with Gasteiger partial charge in [-0.1, -0.05) is 29.8 Å². The van der Waals surface area contributed by atoms with Crippen LogP contribution in [0.4, 0.5) is 15.8 Å². The number of carbonyl (C=O) groups is 4. The molecule has 7 rings (SSSR count). The third-order valence-electron chi connectivity index (χ3n) is 9.46. The molecule has 8 nitrogen and oxygen atoms in total. The van der Waals surface area contributed by atoms with Gasteiger partial charge in [-0.25, -0.2) is 9.29 Å². The van der Waals surface area contributed by atoms with Gasteiger partial charge in [-0.2, -0.15) is 0 Å². The number of allylic oxidation sites excluding steroid dienone is 2. The van der Waals surface area contributed by atoms with E-state index in [0.29, 0.717) is 17.0 Å². The molecule has 2 heterocycles. The van der Waals surface area contributed by atoms with Crippen LogP contribution >= 0.6 is 23.2 Å². The fourth-order valence-corrected chi connectivity index (χ4v) is 8.39. The Balaban J connectivity index is 1.42. The number of para-hydroxylation sites is 1. The van der Waals surface area contributed by atoms with E-state index in [0.717, 1.165) is 17.0 Å². The lowest BCUT2D eigenvalue weighted by molar-refractivity contribution is -0.125. The lowest BCUT2D eigenvalue weighted by Crippen LogP contribution is -2.60. The summed E-state index contributed by atoms with van der Waals surface area (Å²) in [5, 5.41) is 11.2. The predicted molar refractivity (Wildman–Crippen MR) is 160 cm³/mol. The minimum atomic E-state index is -2.16. The highest BCUT2D eigenvalue weighted by molar-refractivity contribution is 6.58. The molecule has 0 radical (unpaired) electrons. The second-order valence-corrected chi connectivity index (χ2v) is 12.8. The van der Waals surface area contributed by atoms with Crippen molar-refractivity contribution in [2.45, 2.75) is 28.5 Å². The molecule has 2 aliphatic heterocycles. The highest BCUT2D eigenvalue weighted by atomic mass is 35.5. The molecule has 3 aromatic carbocycles. The van der Waals surface area contributed by atoms with Crippen molar-refractivity contribution in [2.24, 2.45) is 17.8 Å². The number of benzene rings is 3. The Labute approximate surface area is 261 Å². The van der Waals surface area contributed by atoms with Crippen LogP contribution in [0.1, 0.15) is 24.3 Å². The second kappa shape index (κ2) is 9.90. The fourth-order valence-electron chi connectivity index (χ4n) is 7.47. The van der Waals surface area contributed by atoms with Gasteiger partial charge in [0.05, 0.1) is 30.3 Å². The van der Waals surface area contributed by atoms with Gasteiger partial charge in [-0.15, -0.1) is 23.2 Å². The lowest BCUT2D eigenvalue weighted by Gasteiger charge is -2.50. The molecule has 0 bridgehead atoms. The van der Waals surface area contributed by atoms with E-state index in [1.165, 1.54) is 42.3 Å². The van der Waals surface area contributed by atoms with E-state index < -0.39 is 57.0 Å². The van der Waals surface area contributed by atoms with Gasteiger partial charge in [0.25, 0.3) is 11.8 Å². The van der Waals surface area contributed by atoms with E-state index >= 15 is 0 Å². The molecule has 44 heavy (non-hydrogen) atoms. The standard InChI is InChI=1S/C33H25Cl2FN2O6/c1-44-20-11-14-25(39)23(15-20)27-21-12-13-22-26(29(41)37(28(22)40)18-5-3-2-4-6-18)24(21)16-32(34)30(42)38(31(43)33(27,32)35)19-9-7-17(36)8-10-19/h2-12,14-15,22,24,26-27,39H,13,16H2,1H3. The number of halogens is 3. The van der Waals surface area contributed by atoms with Crippen LogP contribution in [0.15, 0.2) is 84.4 Å². The molecule has 224 valence electrons. The van der Waals surface area contributed by atoms with Crippen molar-refractivity contribution in [1.29, 1.82) is 0 Å². The first-order chi connectivity index (χ1) is 21.0. The van der Waals surface area contributed by atoms with Crippen LogP contribution in [0.3, 0.4) is 0 Å². The van der Waals surface area contributed by atoms with Crippen molar-refractivity contribution >= 4 is 58.2 Å². The highest BCUT2D eigenvalue weighted by Crippen LogP contribution is 2.66. The minimum Gasteiger partial charge on any atom is -0.508 e. The summed E-state index contributed by atoms with van der Waals surface area (Å²) in [7, 11) is 1.44. The largest absolute Gasteiger partial charge is 0.508 e. The highest BCUT2D eigenvalue weighted by Gasteiger charge is 2.77. The van der Waals surface area contributed by atoms with Gasteiger partial charge in [0, 0.05) is 11.5 Å². The number of rotatable bonds is 4. The molecule has 4 amide bonds. The number of hydrogen-bond donors (Lipinski definition) is 1. The van der Waals surface area contributed by atoms with Crippen molar-refractivity contribution in [3.05, 3.63) is 95.8 Å². The van der Waals surface area contributed by atoms with Crippen molar-refractivity contribution in [3.63, 3.8) is 0 Å². The van der Waals surface area contributed by atoms with Crippen molar-refractivity contribution < 1.29 is 33.4 Å². The monoisotopic (exact) mass is 634 g/mol. The molecule has 3 fully saturated rings. The molecule has 0 spiro atoms. The Morgan fingerprint density at radius 1 is 0.864 bits per heavy atom. The summed E-state index contributed by atoms with van der Waals surface area (Å²) in [6.07, 6.45) is 1.74. The maximum Gasteiger partial charge on any atom is 0.258 e. The summed E-state index contributed by atoms with van der Waals surface area (Å²) in [4.78, 5) is 54.2. The minimum absolute atomic E-state index is 0.0710. The van der Waals surface area contributed by atoms with E-state index in [1.807, 2.05) is 0 Å². The number of ether oxygens (including phenoxy) is 1. The fraction of sp³-hybridized carbons (Fsp3) is 0.273. The number of carbonyl (C=O) groups excluding carboxylic acids is 4. The molecular formula is C33H25Cl2FN2O6. The van der Waals surface area contributed by atoms with E-state index in [-0.39, 0.29) is 35.7 Å². The zero-order chi connectivity index (χ0) is 31.1. The third-order valence-corrected chi connectivity index (χ3v) is 10.9. The number of methoxy groups -OCH3 is 1. The number of hydrogen-bond acceptors (Lipinski definition) is 6. The first-order valence-electron chi connectivity index (χ1n) is 14.0. The van der Waals surface area contributed by atoms with Gasteiger partial charge < -0.3 is 9.84 Å². The first-order valence-corrected chi connectivity index (χ1v) is 14.8. The van der Waals surface area contributed by atoms with Crippen LogP contribution in [0.25, 0.3) is 0 Å². The number of phenolic OH excluding ortho intramolecular Hbond substituents is 1. The average molecular weight is 635 g/mol. The molecule has 6 unspecified atom stereocenters. The molecule has 2 saturated heterocycles. The maximum atomic E-state index is 14.4. The Bertz CT molecular complexity index is 1780. The molecule has 6 atom stereocenters. The summed E-state index contributed by atoms with van der Waals surface area (Å²) in [5.41, 5.74) is 1.21. The van der Waals surface area contributed by atoms with Crippen LogP contribution in [0.5, 0.6) is 11.5 Å². The smallest absolute Gasteiger partial charge is 0.258 e. The van der Waals surface area contributed by atoms with Crippen LogP contribution < -0.4 is 14.5 Å². The van der Waals surface area contributed by atoms with Crippen molar-refractivity contribution in [2.75, 3.05) is 16.9 Å². The number of fused-ring (bicyclic) bond motifs is 4. The van der Waals surface area contributed by atoms with E-state index in [1.54, 1.807) is 36.4 Å². The summed E-state index contributed by atoms with van der Waals surface area (Å²) < 4.78 is 19.2. The number of anilines is 2. The van der Waals surface area contributed by atoms with Gasteiger partial charge in [0.2, 0.25) is 11.8 Å². The number of phenols is 1. The Kier molecular flexibility index (Phi) is 6.43. The Morgan fingerprint density at radius 2 is 1.55 bits per heavy atom. The molecule has 3 aromatic rings. The zero-order valence-electron chi connectivity index (χ0n) is 23.2. The second-order valence-electron chi connectivity index (χ2n) is 11.5. The van der Waals surface area contributed by atoms with Gasteiger partial charge in [-0.05, 0) is 73.4 Å². The van der Waals surface area contributed by atoms with Crippen LogP contribution in [0.2, 0.25) is 0 Å². The van der Waals surface area contributed by atoms with Crippen LogP contribution in [-0.2, 0) is 19.2 Å². The predicted octanol–water partition coefficient (Wildman–Crippen LogP) is 5.31. The topological polar surface area (TPSA) is 104 Å². The van der Waals surface area contributed by atoms with Gasteiger partial charge in [-0.3, -0.25) is 24.1 Å². The summed E-state index contributed by atoms with van der Waals surface area (Å²) >= 11 is 14.7. The maximum absolute atomic E-state index is 14.4. The third kappa shape index (κ3) is 3.69. The lowest BCUT2D eigenvalue weighted by atomic mass is 9.56. The Morgan fingerprint density at radius 3 is 2.23 bits per heavy atom. The number of alkyl halides is 2. The number of nitrogens with zero attached hydrogens (tertiary/aromatic N) is 2. The van der Waals surface area contributed by atoms with E-state index in [9.17, 15) is 28.7 Å². The van der Waals surface area contributed by atoms with Crippen LogP contribution in [0, 0.1) is 23.6 Å². The molecule has 4 aliphatic rings. The molecule has 1 N–H and O–H groups in total. The van der Waals surface area contributed by atoms with Crippen molar-refractivity contribution in [3.8, 4) is 11.5 Å². The first kappa shape index (κ1) is 28.6. The van der Waals surface area contributed by atoms with Gasteiger partial charge in [0.1, 0.15) is 17.3 Å². The zero-order valence-corrected chi connectivity index (χ0v) is 24.8. The number of amides is 4. The van der Waals surface area contributed by atoms with Crippen LogP contribution in [-0.4, -0.2) is 45.6 Å². The normalized spacial score (nSPS) is 31.0. The molecule has 2 aliphatic carbocycles. The molecule has 11 heteroatoms. The van der Waals surface area contributed by atoms with E-state index in [2.05, 4.69) is 0 Å². The summed E-state index contributed by atoms with van der Waals surface area (Å²) in [5.74, 6) is -6.51. The van der Waals surface area contributed by atoms with Crippen molar-refractivity contribution in [1.82, 2.24) is 0 Å². The Hall–Kier alpha value is -4.21. The van der Waals surface area contributed by atoms with Gasteiger partial charge >= 0.3 is 0 Å². The summed E-state index contributed by atoms with van der Waals surface area (Å²) in [6, 6.07) is 17.8. The van der Waals surface area contributed by atoms with Gasteiger partial charge in [0.15, 0.2) is 9.75 Å². The SMILES string of the molecule is COc1ccc(O)c(C2C3=CCC4C(=O)N(c5ccccc5)C(=O)C4C3CC3(Cl)C(=O)N(c4ccc(F)cc4)C(=O)C23Cl)c1.